The third-order valence-electron chi connectivity index (χ3n) is 4.10. The summed E-state index contributed by atoms with van der Waals surface area (Å²) in [4.78, 5) is 11.1. The van der Waals surface area contributed by atoms with E-state index >= 15 is 0 Å². The van der Waals surface area contributed by atoms with E-state index in [4.69, 9.17) is 14.2 Å². The SMILES string of the molecule is COc1ccc(CCNc2ccnc(N3CCOCC3)n2)cc1OC. The first-order valence-electron chi connectivity index (χ1n) is 8.40. The van der Waals surface area contributed by atoms with Crippen LogP contribution in [0.15, 0.2) is 30.5 Å². The molecule has 1 aromatic heterocycles. The average molecular weight is 344 g/mol. The lowest BCUT2D eigenvalue weighted by Crippen LogP contribution is -2.37. The maximum Gasteiger partial charge on any atom is 0.227 e. The van der Waals surface area contributed by atoms with Gasteiger partial charge in [0.05, 0.1) is 27.4 Å². The van der Waals surface area contributed by atoms with Crippen LogP contribution in [0.1, 0.15) is 5.56 Å². The Morgan fingerprint density at radius 1 is 1.12 bits per heavy atom. The van der Waals surface area contributed by atoms with Crippen molar-refractivity contribution in [3.63, 3.8) is 0 Å². The summed E-state index contributed by atoms with van der Waals surface area (Å²) in [6.45, 7) is 3.87. The first-order chi connectivity index (χ1) is 12.3. The van der Waals surface area contributed by atoms with Crippen LogP contribution in [0.5, 0.6) is 11.5 Å². The monoisotopic (exact) mass is 344 g/mol. The summed E-state index contributed by atoms with van der Waals surface area (Å²) in [6.07, 6.45) is 2.65. The second-order valence-corrected chi connectivity index (χ2v) is 5.71. The van der Waals surface area contributed by atoms with Crippen molar-refractivity contribution in [2.75, 3.05) is 57.3 Å². The van der Waals surface area contributed by atoms with Crippen LogP contribution < -0.4 is 19.7 Å². The molecule has 134 valence electrons. The molecule has 0 amide bonds. The Balaban J connectivity index is 1.57. The minimum Gasteiger partial charge on any atom is -0.493 e. The fraction of sp³-hybridized carbons (Fsp3) is 0.444. The van der Waals surface area contributed by atoms with Gasteiger partial charge in [0.15, 0.2) is 11.5 Å². The third kappa shape index (κ3) is 4.51. The predicted octanol–water partition coefficient (Wildman–Crippen LogP) is 1.98. The van der Waals surface area contributed by atoms with E-state index in [-0.39, 0.29) is 0 Å². The molecule has 0 saturated carbocycles. The van der Waals surface area contributed by atoms with Gasteiger partial charge in [-0.3, -0.25) is 0 Å². The van der Waals surface area contributed by atoms with Crippen molar-refractivity contribution in [1.29, 1.82) is 0 Å². The van der Waals surface area contributed by atoms with Crippen LogP contribution in [0.4, 0.5) is 11.8 Å². The van der Waals surface area contributed by atoms with E-state index in [0.29, 0.717) is 0 Å². The van der Waals surface area contributed by atoms with Crippen molar-refractivity contribution >= 4 is 11.8 Å². The van der Waals surface area contributed by atoms with Crippen molar-refractivity contribution < 1.29 is 14.2 Å². The number of ether oxygens (including phenoxy) is 3. The van der Waals surface area contributed by atoms with Crippen molar-refractivity contribution in [1.82, 2.24) is 9.97 Å². The van der Waals surface area contributed by atoms with Gasteiger partial charge in [0.1, 0.15) is 5.82 Å². The zero-order valence-electron chi connectivity index (χ0n) is 14.7. The van der Waals surface area contributed by atoms with Crippen LogP contribution in [-0.4, -0.2) is 57.0 Å². The first kappa shape index (κ1) is 17.3. The second-order valence-electron chi connectivity index (χ2n) is 5.71. The molecule has 1 aliphatic rings. The Bertz CT molecular complexity index is 690. The zero-order valence-corrected chi connectivity index (χ0v) is 14.7. The number of rotatable bonds is 7. The number of anilines is 2. The van der Waals surface area contributed by atoms with Gasteiger partial charge >= 0.3 is 0 Å². The molecule has 25 heavy (non-hydrogen) atoms. The summed E-state index contributed by atoms with van der Waals surface area (Å²) in [5.74, 6) is 3.07. The van der Waals surface area contributed by atoms with Crippen LogP contribution in [0.3, 0.4) is 0 Å². The number of methoxy groups -OCH3 is 2. The average Bonchev–Trinajstić information content (AvgIpc) is 2.69. The van der Waals surface area contributed by atoms with Gasteiger partial charge in [0.2, 0.25) is 5.95 Å². The number of aromatic nitrogens is 2. The van der Waals surface area contributed by atoms with Crippen molar-refractivity contribution in [3.05, 3.63) is 36.0 Å². The summed E-state index contributed by atoms with van der Waals surface area (Å²) in [6, 6.07) is 7.86. The molecule has 0 radical (unpaired) electrons. The van der Waals surface area contributed by atoms with E-state index in [9.17, 15) is 0 Å². The Labute approximate surface area is 147 Å². The molecular weight excluding hydrogens is 320 g/mol. The van der Waals surface area contributed by atoms with E-state index in [1.54, 1.807) is 20.4 Å². The highest BCUT2D eigenvalue weighted by Gasteiger charge is 2.13. The number of nitrogens with zero attached hydrogens (tertiary/aromatic N) is 3. The molecule has 0 atom stereocenters. The number of nitrogens with one attached hydrogen (secondary N) is 1. The maximum atomic E-state index is 5.37. The topological polar surface area (TPSA) is 68.7 Å². The molecule has 2 aromatic rings. The Morgan fingerprint density at radius 2 is 1.92 bits per heavy atom. The summed E-state index contributed by atoms with van der Waals surface area (Å²) in [5.41, 5.74) is 1.17. The molecule has 1 fully saturated rings. The van der Waals surface area contributed by atoms with Crippen LogP contribution >= 0.6 is 0 Å². The normalized spacial score (nSPS) is 14.2. The quantitative estimate of drug-likeness (QED) is 0.824. The van der Waals surface area contributed by atoms with Crippen molar-refractivity contribution in [2.24, 2.45) is 0 Å². The number of benzene rings is 1. The molecule has 0 unspecified atom stereocenters. The summed E-state index contributed by atoms with van der Waals surface area (Å²) >= 11 is 0. The molecule has 1 aromatic carbocycles. The van der Waals surface area contributed by atoms with Gasteiger partial charge < -0.3 is 24.4 Å². The maximum absolute atomic E-state index is 5.37. The minimum absolute atomic E-state index is 0.723. The molecular formula is C18H24N4O3. The Kier molecular flexibility index (Phi) is 5.90. The summed E-state index contributed by atoms with van der Waals surface area (Å²) < 4.78 is 16.0. The molecule has 0 bridgehead atoms. The number of hydrogen-bond donors (Lipinski definition) is 1. The minimum atomic E-state index is 0.723. The molecule has 3 rings (SSSR count). The highest BCUT2D eigenvalue weighted by molar-refractivity contribution is 5.44. The lowest BCUT2D eigenvalue weighted by Gasteiger charge is -2.26. The molecule has 0 spiro atoms. The summed E-state index contributed by atoms with van der Waals surface area (Å²) in [5, 5.41) is 3.36. The molecule has 1 saturated heterocycles. The number of hydrogen-bond acceptors (Lipinski definition) is 7. The molecule has 2 heterocycles. The Hall–Kier alpha value is -2.54. The highest BCUT2D eigenvalue weighted by Crippen LogP contribution is 2.27. The standard InChI is InChI=1S/C18H24N4O3/c1-23-15-4-3-14(13-16(15)24-2)5-7-19-17-6-8-20-18(21-17)22-9-11-25-12-10-22/h3-4,6,8,13H,5,7,9-12H2,1-2H3,(H,19,20,21). The van der Waals surface area contributed by atoms with Gasteiger partial charge in [-0.25, -0.2) is 4.98 Å². The lowest BCUT2D eigenvalue weighted by molar-refractivity contribution is 0.122. The zero-order chi connectivity index (χ0) is 17.5. The Morgan fingerprint density at radius 3 is 2.68 bits per heavy atom. The second kappa shape index (κ2) is 8.53. The fourth-order valence-electron chi connectivity index (χ4n) is 2.73. The van der Waals surface area contributed by atoms with E-state index in [1.807, 2.05) is 24.3 Å². The van der Waals surface area contributed by atoms with Crippen molar-refractivity contribution in [3.8, 4) is 11.5 Å². The van der Waals surface area contributed by atoms with Gasteiger partial charge in [-0.05, 0) is 30.2 Å². The van der Waals surface area contributed by atoms with Crippen LogP contribution in [0.25, 0.3) is 0 Å². The largest absolute Gasteiger partial charge is 0.493 e. The molecule has 0 aliphatic carbocycles. The van der Waals surface area contributed by atoms with Gasteiger partial charge in [-0.15, -0.1) is 0 Å². The molecule has 1 N–H and O–H groups in total. The van der Waals surface area contributed by atoms with Crippen LogP contribution in [-0.2, 0) is 11.2 Å². The fourth-order valence-corrected chi connectivity index (χ4v) is 2.73. The summed E-state index contributed by atoms with van der Waals surface area (Å²) in [7, 11) is 3.29. The third-order valence-corrected chi connectivity index (χ3v) is 4.10. The van der Waals surface area contributed by atoms with Crippen LogP contribution in [0.2, 0.25) is 0 Å². The predicted molar refractivity (Wildman–Crippen MR) is 96.8 cm³/mol. The van der Waals surface area contributed by atoms with Gasteiger partial charge in [0, 0.05) is 25.8 Å². The van der Waals surface area contributed by atoms with E-state index < -0.39 is 0 Å². The highest BCUT2D eigenvalue weighted by atomic mass is 16.5. The van der Waals surface area contributed by atoms with E-state index in [1.165, 1.54) is 5.56 Å². The van der Waals surface area contributed by atoms with Gasteiger partial charge in [0.25, 0.3) is 0 Å². The van der Waals surface area contributed by atoms with Gasteiger partial charge in [-0.1, -0.05) is 6.07 Å². The lowest BCUT2D eigenvalue weighted by atomic mass is 10.1. The van der Waals surface area contributed by atoms with E-state index in [2.05, 4.69) is 20.2 Å². The van der Waals surface area contributed by atoms with E-state index in [0.717, 1.165) is 62.5 Å². The number of morpholine rings is 1. The van der Waals surface area contributed by atoms with Crippen LogP contribution in [0, 0.1) is 0 Å². The van der Waals surface area contributed by atoms with Gasteiger partial charge in [-0.2, -0.15) is 4.98 Å². The molecule has 7 nitrogen and oxygen atoms in total. The van der Waals surface area contributed by atoms with Crippen molar-refractivity contribution in [2.45, 2.75) is 6.42 Å². The smallest absolute Gasteiger partial charge is 0.227 e. The molecule has 1 aliphatic heterocycles. The molecule has 7 heteroatoms. The first-order valence-corrected chi connectivity index (χ1v) is 8.40.